The lowest BCUT2D eigenvalue weighted by atomic mass is 10.1. The summed E-state index contributed by atoms with van der Waals surface area (Å²) in [7, 11) is 0. The zero-order chi connectivity index (χ0) is 18.4. The average Bonchev–Trinajstić information content (AvgIpc) is 2.68. The maximum atomic E-state index is 13.3. The smallest absolute Gasteiger partial charge is 0.315 e. The number of rotatable bonds is 5. The topological polar surface area (TPSA) is 57.3 Å². The maximum Gasteiger partial charge on any atom is 0.315 e. The number of hydrogen-bond acceptors (Lipinski definition) is 3. The lowest BCUT2D eigenvalue weighted by Crippen LogP contribution is -2.34. The lowest BCUT2D eigenvalue weighted by Gasteiger charge is -2.27. The molecule has 0 aliphatic carbocycles. The van der Waals surface area contributed by atoms with Crippen molar-refractivity contribution in [1.29, 1.82) is 0 Å². The zero-order valence-electron chi connectivity index (χ0n) is 15.1. The first-order valence-corrected chi connectivity index (χ1v) is 9.08. The van der Waals surface area contributed by atoms with E-state index in [1.165, 1.54) is 25.3 Å². The van der Waals surface area contributed by atoms with E-state index in [9.17, 15) is 9.18 Å². The van der Waals surface area contributed by atoms with E-state index in [0.717, 1.165) is 30.0 Å². The van der Waals surface area contributed by atoms with Gasteiger partial charge < -0.3 is 15.5 Å². The fourth-order valence-corrected chi connectivity index (χ4v) is 3.11. The van der Waals surface area contributed by atoms with Gasteiger partial charge in [0.1, 0.15) is 11.6 Å². The molecule has 1 aliphatic heterocycles. The Bertz CT molecular complexity index is 759. The summed E-state index contributed by atoms with van der Waals surface area (Å²) in [5, 5.41) is 5.65. The van der Waals surface area contributed by atoms with Gasteiger partial charge in [-0.2, -0.15) is 0 Å². The molecule has 0 radical (unpaired) electrons. The molecule has 5 nitrogen and oxygen atoms in total. The number of amides is 2. The number of aromatic nitrogens is 1. The molecule has 1 aromatic carbocycles. The normalized spacial score (nSPS) is 14.2. The van der Waals surface area contributed by atoms with Crippen LogP contribution >= 0.6 is 0 Å². The number of halogens is 1. The molecule has 0 atom stereocenters. The van der Waals surface area contributed by atoms with Crippen LogP contribution in [0, 0.1) is 12.7 Å². The van der Waals surface area contributed by atoms with Crippen LogP contribution in [0.25, 0.3) is 0 Å². The molecular formula is C20H25FN4O. The predicted molar refractivity (Wildman–Crippen MR) is 101 cm³/mol. The van der Waals surface area contributed by atoms with Crippen molar-refractivity contribution in [2.75, 3.05) is 18.0 Å². The van der Waals surface area contributed by atoms with Crippen LogP contribution in [-0.2, 0) is 13.1 Å². The van der Waals surface area contributed by atoms with E-state index < -0.39 is 0 Å². The monoisotopic (exact) mass is 356 g/mol. The highest BCUT2D eigenvalue weighted by atomic mass is 19.1. The van der Waals surface area contributed by atoms with Crippen LogP contribution in [0.3, 0.4) is 0 Å². The first-order chi connectivity index (χ1) is 12.6. The number of carbonyl (C=O) groups is 1. The first kappa shape index (κ1) is 18.2. The molecule has 1 aliphatic rings. The number of pyridine rings is 1. The SMILES string of the molecule is Cc1cc(CNC(=O)NCc2ccnc(N3CCCCC3)c2)ccc1F. The fourth-order valence-electron chi connectivity index (χ4n) is 3.11. The van der Waals surface area contributed by atoms with Crippen LogP contribution in [0.2, 0.25) is 0 Å². The minimum atomic E-state index is -0.247. The second kappa shape index (κ2) is 8.65. The fraction of sp³-hybridized carbons (Fsp3) is 0.400. The average molecular weight is 356 g/mol. The van der Waals surface area contributed by atoms with E-state index >= 15 is 0 Å². The molecule has 2 amide bonds. The van der Waals surface area contributed by atoms with Gasteiger partial charge in [-0.3, -0.25) is 0 Å². The summed E-state index contributed by atoms with van der Waals surface area (Å²) in [5.74, 6) is 0.742. The van der Waals surface area contributed by atoms with Crippen molar-refractivity contribution in [1.82, 2.24) is 15.6 Å². The van der Waals surface area contributed by atoms with Gasteiger partial charge in [-0.15, -0.1) is 0 Å². The second-order valence-electron chi connectivity index (χ2n) is 6.69. The van der Waals surface area contributed by atoms with Gasteiger partial charge in [0.15, 0.2) is 0 Å². The van der Waals surface area contributed by atoms with Gasteiger partial charge in [-0.1, -0.05) is 12.1 Å². The molecule has 1 aromatic heterocycles. The molecule has 2 N–H and O–H groups in total. The van der Waals surface area contributed by atoms with E-state index in [2.05, 4.69) is 20.5 Å². The third-order valence-corrected chi connectivity index (χ3v) is 4.62. The van der Waals surface area contributed by atoms with Crippen molar-refractivity contribution >= 4 is 11.8 Å². The highest BCUT2D eigenvalue weighted by Crippen LogP contribution is 2.18. The van der Waals surface area contributed by atoms with Crippen molar-refractivity contribution in [3.8, 4) is 0 Å². The summed E-state index contributed by atoms with van der Waals surface area (Å²) >= 11 is 0. The predicted octanol–water partition coefficient (Wildman–Crippen LogP) is 3.52. The molecule has 0 unspecified atom stereocenters. The molecular weight excluding hydrogens is 331 g/mol. The van der Waals surface area contributed by atoms with Crippen LogP contribution in [0.15, 0.2) is 36.5 Å². The van der Waals surface area contributed by atoms with Crippen LogP contribution in [-0.4, -0.2) is 24.1 Å². The zero-order valence-corrected chi connectivity index (χ0v) is 15.1. The van der Waals surface area contributed by atoms with E-state index in [-0.39, 0.29) is 11.8 Å². The van der Waals surface area contributed by atoms with Crippen molar-refractivity contribution in [3.05, 3.63) is 59.0 Å². The summed E-state index contributed by atoms with van der Waals surface area (Å²) < 4.78 is 13.3. The first-order valence-electron chi connectivity index (χ1n) is 9.08. The maximum absolute atomic E-state index is 13.3. The number of piperidine rings is 1. The quantitative estimate of drug-likeness (QED) is 0.862. The van der Waals surface area contributed by atoms with Crippen LogP contribution < -0.4 is 15.5 Å². The highest BCUT2D eigenvalue weighted by Gasteiger charge is 2.12. The Balaban J connectivity index is 1.48. The largest absolute Gasteiger partial charge is 0.357 e. The number of benzene rings is 1. The Hall–Kier alpha value is -2.63. The van der Waals surface area contributed by atoms with Crippen molar-refractivity contribution in [3.63, 3.8) is 0 Å². The molecule has 2 aromatic rings. The minimum absolute atomic E-state index is 0.236. The third kappa shape index (κ3) is 4.94. The summed E-state index contributed by atoms with van der Waals surface area (Å²) in [6.45, 7) is 4.60. The number of urea groups is 1. The van der Waals surface area contributed by atoms with E-state index in [1.807, 2.05) is 12.1 Å². The third-order valence-electron chi connectivity index (χ3n) is 4.62. The summed E-state index contributed by atoms with van der Waals surface area (Å²) in [6, 6.07) is 8.54. The van der Waals surface area contributed by atoms with E-state index in [0.29, 0.717) is 18.7 Å². The van der Waals surface area contributed by atoms with Gasteiger partial charge in [0, 0.05) is 32.4 Å². The Morgan fingerprint density at radius 3 is 2.46 bits per heavy atom. The number of nitrogens with zero attached hydrogens (tertiary/aromatic N) is 2. The van der Waals surface area contributed by atoms with E-state index in [1.54, 1.807) is 25.3 Å². The van der Waals surface area contributed by atoms with Crippen molar-refractivity contribution in [2.24, 2.45) is 0 Å². The molecule has 138 valence electrons. The Morgan fingerprint density at radius 2 is 1.77 bits per heavy atom. The van der Waals surface area contributed by atoms with Gasteiger partial charge in [0.05, 0.1) is 0 Å². The van der Waals surface area contributed by atoms with Crippen LogP contribution in [0.4, 0.5) is 15.0 Å². The summed E-state index contributed by atoms with van der Waals surface area (Å²) in [5.41, 5.74) is 2.47. The Morgan fingerprint density at radius 1 is 1.08 bits per heavy atom. The van der Waals surface area contributed by atoms with Gasteiger partial charge in [-0.05, 0) is 61.1 Å². The second-order valence-corrected chi connectivity index (χ2v) is 6.69. The van der Waals surface area contributed by atoms with Crippen molar-refractivity contribution in [2.45, 2.75) is 39.3 Å². The minimum Gasteiger partial charge on any atom is -0.357 e. The highest BCUT2D eigenvalue weighted by molar-refractivity contribution is 5.73. The molecule has 26 heavy (non-hydrogen) atoms. The Kier molecular flexibility index (Phi) is 6.04. The standard InChI is InChI=1S/C20H25FN4O/c1-15-11-16(5-6-18(15)21)13-23-20(26)24-14-17-7-8-22-19(12-17)25-9-3-2-4-10-25/h5-8,11-12H,2-4,9-10,13-14H2,1H3,(H2,23,24,26). The van der Waals surface area contributed by atoms with E-state index in [4.69, 9.17) is 0 Å². The number of nitrogens with one attached hydrogen (secondary N) is 2. The molecule has 0 spiro atoms. The molecule has 6 heteroatoms. The van der Waals surface area contributed by atoms with Gasteiger partial charge in [0.2, 0.25) is 0 Å². The molecule has 2 heterocycles. The molecule has 0 saturated carbocycles. The van der Waals surface area contributed by atoms with Crippen molar-refractivity contribution < 1.29 is 9.18 Å². The Labute approximate surface area is 153 Å². The van der Waals surface area contributed by atoms with Gasteiger partial charge in [-0.25, -0.2) is 14.2 Å². The number of hydrogen-bond donors (Lipinski definition) is 2. The number of anilines is 1. The van der Waals surface area contributed by atoms with Crippen LogP contribution in [0.5, 0.6) is 0 Å². The number of carbonyl (C=O) groups excluding carboxylic acids is 1. The summed E-state index contributed by atoms with van der Waals surface area (Å²) in [6.07, 6.45) is 5.48. The lowest BCUT2D eigenvalue weighted by molar-refractivity contribution is 0.240. The molecule has 0 bridgehead atoms. The molecule has 1 saturated heterocycles. The number of aryl methyl sites for hydroxylation is 1. The molecule has 3 rings (SSSR count). The summed E-state index contributed by atoms with van der Waals surface area (Å²) in [4.78, 5) is 18.7. The van der Waals surface area contributed by atoms with Gasteiger partial charge in [0.25, 0.3) is 0 Å². The van der Waals surface area contributed by atoms with Crippen LogP contribution in [0.1, 0.15) is 36.0 Å². The van der Waals surface area contributed by atoms with Gasteiger partial charge >= 0.3 is 6.03 Å². The molecule has 1 fully saturated rings.